The van der Waals surface area contributed by atoms with Crippen molar-refractivity contribution in [1.29, 1.82) is 0 Å². The van der Waals surface area contributed by atoms with Crippen LogP contribution < -0.4 is 0 Å². The predicted octanol–water partition coefficient (Wildman–Crippen LogP) is -1.47. The van der Waals surface area contributed by atoms with Crippen LogP contribution in [0.1, 0.15) is 18.1 Å². The topological polar surface area (TPSA) is 272 Å². The van der Waals surface area contributed by atoms with Gasteiger partial charge >= 0.3 is 11.9 Å². The Morgan fingerprint density at radius 2 is 1.46 bits per heavy atom. The molecule has 0 bridgehead atoms. The number of benzene rings is 2. The van der Waals surface area contributed by atoms with Crippen LogP contribution in [-0.2, 0) is 44.4 Å². The lowest BCUT2D eigenvalue weighted by Gasteiger charge is -2.46. The molecule has 0 aromatic heterocycles. The van der Waals surface area contributed by atoms with E-state index in [9.17, 15) is 55.5 Å². The van der Waals surface area contributed by atoms with E-state index < -0.39 is 92.3 Å². The second-order valence-corrected chi connectivity index (χ2v) is 11.1. The second-order valence-electron chi connectivity index (χ2n) is 11.1. The fraction of sp³-hybridized carbons (Fsp3) is 0.484. The highest BCUT2D eigenvalue weighted by Crippen LogP contribution is 2.32. The van der Waals surface area contributed by atoms with Gasteiger partial charge in [0.2, 0.25) is 0 Å². The number of aliphatic hydroxyl groups is 5. The first kappa shape index (κ1) is 36.8. The Kier molecular flexibility index (Phi) is 12.6. The second kappa shape index (κ2) is 16.4. The first-order valence-electron chi connectivity index (χ1n) is 14.7. The monoisotopic (exact) mass is 682 g/mol. The van der Waals surface area contributed by atoms with Crippen LogP contribution in [0.3, 0.4) is 0 Å². The molecule has 4 rings (SSSR count). The lowest BCUT2D eigenvalue weighted by molar-refractivity contribution is -0.360. The number of hydrogen-bond donors (Lipinski definition) is 9. The molecule has 10 atom stereocenters. The average molecular weight is 683 g/mol. The highest BCUT2D eigenvalue weighted by atomic mass is 16.7. The van der Waals surface area contributed by atoms with Crippen molar-refractivity contribution in [3.63, 3.8) is 0 Å². The quantitative estimate of drug-likeness (QED) is 0.0702. The third-order valence-corrected chi connectivity index (χ3v) is 7.58. The van der Waals surface area contributed by atoms with E-state index in [1.165, 1.54) is 42.5 Å². The van der Waals surface area contributed by atoms with E-state index >= 15 is 0 Å². The van der Waals surface area contributed by atoms with Crippen LogP contribution >= 0.6 is 0 Å². The summed E-state index contributed by atoms with van der Waals surface area (Å²) in [7, 11) is 0. The van der Waals surface area contributed by atoms with Gasteiger partial charge in [0.15, 0.2) is 41.7 Å². The number of ether oxygens (including phenoxy) is 6. The van der Waals surface area contributed by atoms with Crippen LogP contribution in [0, 0.1) is 0 Å². The van der Waals surface area contributed by atoms with Gasteiger partial charge in [0.05, 0.1) is 13.2 Å². The van der Waals surface area contributed by atoms with Crippen molar-refractivity contribution in [1.82, 2.24) is 0 Å². The number of esters is 2. The van der Waals surface area contributed by atoms with Crippen LogP contribution in [0.25, 0.3) is 6.08 Å². The fourth-order valence-corrected chi connectivity index (χ4v) is 5.00. The third kappa shape index (κ3) is 9.10. The molecule has 0 aliphatic carbocycles. The number of aromatic hydroxyl groups is 4. The minimum absolute atomic E-state index is 0.124. The SMILES string of the molecule is CC(=O)OC[C@H]1O[C@@H](O[C@@H]2[C@@H](O)[C@H](OCCc3ccc(O)c(O)c3)O[C@H](CO)[C@H]2OC(=O)/C=C\c2ccc(O)c(O)c2)[C@H](O)[C@@H](O)[C@@H]1O. The number of phenols is 4. The van der Waals surface area contributed by atoms with Crippen LogP contribution in [0.5, 0.6) is 23.0 Å². The van der Waals surface area contributed by atoms with Gasteiger partial charge < -0.3 is 74.4 Å². The molecule has 17 nitrogen and oxygen atoms in total. The van der Waals surface area contributed by atoms with E-state index in [1.54, 1.807) is 0 Å². The molecule has 2 aromatic carbocycles. The molecule has 2 aromatic rings. The van der Waals surface area contributed by atoms with E-state index in [-0.39, 0.29) is 30.3 Å². The largest absolute Gasteiger partial charge is 0.504 e. The Hall–Kier alpha value is -4.04. The average Bonchev–Trinajstić information content (AvgIpc) is 3.05. The lowest BCUT2D eigenvalue weighted by Crippen LogP contribution is -2.65. The fourth-order valence-electron chi connectivity index (χ4n) is 5.00. The van der Waals surface area contributed by atoms with Crippen LogP contribution in [0.15, 0.2) is 42.5 Å². The van der Waals surface area contributed by atoms with E-state index in [4.69, 9.17) is 28.4 Å². The summed E-state index contributed by atoms with van der Waals surface area (Å²) in [5.74, 6) is -3.27. The summed E-state index contributed by atoms with van der Waals surface area (Å²) >= 11 is 0. The summed E-state index contributed by atoms with van der Waals surface area (Å²) in [5.41, 5.74) is 0.849. The summed E-state index contributed by atoms with van der Waals surface area (Å²) in [6.45, 7) is -0.355. The Balaban J connectivity index is 1.55. The van der Waals surface area contributed by atoms with Gasteiger partial charge in [0.25, 0.3) is 0 Å². The van der Waals surface area contributed by atoms with Gasteiger partial charge in [0, 0.05) is 13.0 Å². The first-order chi connectivity index (χ1) is 22.8. The number of carbonyl (C=O) groups is 2. The normalized spacial score (nSPS) is 30.6. The zero-order valence-corrected chi connectivity index (χ0v) is 25.5. The molecule has 0 saturated carbocycles. The van der Waals surface area contributed by atoms with Gasteiger partial charge in [-0.3, -0.25) is 4.79 Å². The van der Waals surface area contributed by atoms with Crippen molar-refractivity contribution >= 4 is 18.0 Å². The van der Waals surface area contributed by atoms with Gasteiger partial charge in [-0.15, -0.1) is 0 Å². The van der Waals surface area contributed by atoms with Crippen molar-refractivity contribution in [2.75, 3.05) is 19.8 Å². The van der Waals surface area contributed by atoms with Gasteiger partial charge in [-0.2, -0.15) is 0 Å². The van der Waals surface area contributed by atoms with Gasteiger partial charge in [-0.05, 0) is 47.9 Å². The van der Waals surface area contributed by atoms with Crippen molar-refractivity contribution < 1.29 is 84.0 Å². The molecule has 48 heavy (non-hydrogen) atoms. The Bertz CT molecular complexity index is 1430. The molecule has 264 valence electrons. The van der Waals surface area contributed by atoms with Crippen molar-refractivity contribution in [2.45, 2.75) is 74.8 Å². The molecule has 2 aliphatic heterocycles. The predicted molar refractivity (Wildman–Crippen MR) is 158 cm³/mol. The van der Waals surface area contributed by atoms with E-state index in [1.807, 2.05) is 0 Å². The molecule has 2 fully saturated rings. The van der Waals surface area contributed by atoms with Gasteiger partial charge in [0.1, 0.15) is 49.3 Å². The van der Waals surface area contributed by atoms with E-state index in [0.29, 0.717) is 11.1 Å². The molecule has 9 N–H and O–H groups in total. The van der Waals surface area contributed by atoms with Crippen molar-refractivity contribution in [2.24, 2.45) is 0 Å². The number of phenolic OH excluding ortho intramolecular Hbond substituents is 4. The lowest BCUT2D eigenvalue weighted by atomic mass is 9.96. The third-order valence-electron chi connectivity index (χ3n) is 7.58. The summed E-state index contributed by atoms with van der Waals surface area (Å²) in [4.78, 5) is 24.2. The number of carbonyl (C=O) groups excluding carboxylic acids is 2. The summed E-state index contributed by atoms with van der Waals surface area (Å²) in [6.07, 6.45) is -14.4. The molecule has 17 heteroatoms. The zero-order chi connectivity index (χ0) is 35.1. The molecule has 2 aliphatic rings. The van der Waals surface area contributed by atoms with Crippen LogP contribution in [0.2, 0.25) is 0 Å². The first-order valence-corrected chi connectivity index (χ1v) is 14.7. The maximum absolute atomic E-state index is 12.9. The van der Waals surface area contributed by atoms with Crippen molar-refractivity contribution in [3.8, 4) is 23.0 Å². The smallest absolute Gasteiger partial charge is 0.331 e. The highest BCUT2D eigenvalue weighted by Gasteiger charge is 2.52. The van der Waals surface area contributed by atoms with Crippen molar-refractivity contribution in [3.05, 3.63) is 53.6 Å². The molecule has 0 amide bonds. The van der Waals surface area contributed by atoms with Crippen LogP contribution in [0.4, 0.5) is 0 Å². The zero-order valence-electron chi connectivity index (χ0n) is 25.5. The standard InChI is InChI=1S/C31H38O17/c1-14(33)44-13-22-24(39)25(40)26(41)31(46-22)48-29-27(42)30(43-9-8-16-3-6-18(35)20(37)11-16)45-21(12-32)28(29)47-23(38)7-4-15-2-5-17(34)19(36)10-15/h2-7,10-11,21-22,24-32,34-37,39-42H,8-9,12-13H2,1H3/b7-4-/t21-,22-,24-,25+,26-,27-,28-,29-,30-,31+/m1/s1. The van der Waals surface area contributed by atoms with Gasteiger partial charge in [-0.1, -0.05) is 12.1 Å². The van der Waals surface area contributed by atoms with E-state index in [0.717, 1.165) is 13.0 Å². The van der Waals surface area contributed by atoms with E-state index in [2.05, 4.69) is 0 Å². The maximum atomic E-state index is 12.9. The number of hydrogen-bond acceptors (Lipinski definition) is 17. The molecule has 2 saturated heterocycles. The summed E-state index contributed by atoms with van der Waals surface area (Å²) < 4.78 is 33.2. The number of rotatable bonds is 12. The molecule has 0 spiro atoms. The highest BCUT2D eigenvalue weighted by molar-refractivity contribution is 5.87. The van der Waals surface area contributed by atoms with Gasteiger partial charge in [-0.25, -0.2) is 4.79 Å². The Morgan fingerprint density at radius 3 is 2.10 bits per heavy atom. The molecule has 2 heterocycles. The Labute approximate surface area is 273 Å². The summed E-state index contributed by atoms with van der Waals surface area (Å²) in [5, 5.41) is 91.5. The Morgan fingerprint density at radius 1 is 0.792 bits per heavy atom. The summed E-state index contributed by atoms with van der Waals surface area (Å²) in [6, 6.07) is 7.85. The minimum Gasteiger partial charge on any atom is -0.504 e. The molecule has 0 unspecified atom stereocenters. The minimum atomic E-state index is -1.92. The molecular weight excluding hydrogens is 644 g/mol. The molecular formula is C31H38O17. The van der Waals surface area contributed by atoms with Crippen LogP contribution in [-0.4, -0.2) is 139 Å². The number of aliphatic hydroxyl groups excluding tert-OH is 5. The molecule has 0 radical (unpaired) electrons. The maximum Gasteiger partial charge on any atom is 0.331 e.